The fourth-order valence-electron chi connectivity index (χ4n) is 2.61. The number of nitrogens with one attached hydrogen (secondary N) is 1. The zero-order valence-corrected chi connectivity index (χ0v) is 16.4. The number of aryl methyl sites for hydroxylation is 1. The topological polar surface area (TPSA) is 75.0 Å². The summed E-state index contributed by atoms with van der Waals surface area (Å²) in [6.07, 6.45) is 0. The Morgan fingerprint density at radius 1 is 1.18 bits per heavy atom. The van der Waals surface area contributed by atoms with Crippen LogP contribution in [-0.4, -0.2) is 23.8 Å². The minimum absolute atomic E-state index is 0.142. The van der Waals surface area contributed by atoms with Gasteiger partial charge in [-0.1, -0.05) is 23.9 Å². The van der Waals surface area contributed by atoms with Gasteiger partial charge in [0.05, 0.1) is 24.1 Å². The standard InChI is InChI=1S/C22H19N3O2S/c1-15-4-3-5-18(12-15)24-21(26)14-28-22-17(13-23)8-11-20(25-22)16-6-9-19(27-2)10-7-16/h3-12H,14H2,1-2H3,(H,24,26). The van der Waals surface area contributed by atoms with Crippen LogP contribution in [0.3, 0.4) is 0 Å². The van der Waals surface area contributed by atoms with Crippen molar-refractivity contribution in [3.63, 3.8) is 0 Å². The summed E-state index contributed by atoms with van der Waals surface area (Å²) in [6.45, 7) is 1.97. The molecule has 0 radical (unpaired) electrons. The molecule has 1 heterocycles. The molecule has 6 heteroatoms. The second-order valence-corrected chi connectivity index (χ2v) is 7.06. The zero-order chi connectivity index (χ0) is 19.9. The van der Waals surface area contributed by atoms with Gasteiger partial charge >= 0.3 is 0 Å². The summed E-state index contributed by atoms with van der Waals surface area (Å²) in [5, 5.41) is 12.8. The molecule has 0 unspecified atom stereocenters. The van der Waals surface area contributed by atoms with Crippen molar-refractivity contribution >= 4 is 23.4 Å². The van der Waals surface area contributed by atoms with E-state index in [-0.39, 0.29) is 11.7 Å². The van der Waals surface area contributed by atoms with Crippen molar-refractivity contribution in [3.8, 4) is 23.1 Å². The summed E-state index contributed by atoms with van der Waals surface area (Å²) in [6, 6.07) is 20.8. The number of amides is 1. The van der Waals surface area contributed by atoms with Crippen LogP contribution < -0.4 is 10.1 Å². The summed E-state index contributed by atoms with van der Waals surface area (Å²) in [5.41, 5.74) is 3.93. The van der Waals surface area contributed by atoms with Crippen LogP contribution in [0.2, 0.25) is 0 Å². The average molecular weight is 389 g/mol. The SMILES string of the molecule is COc1ccc(-c2ccc(C#N)c(SCC(=O)Nc3cccc(C)c3)n2)cc1. The molecular formula is C22H19N3O2S. The van der Waals surface area contributed by atoms with Crippen molar-refractivity contribution in [2.75, 3.05) is 18.2 Å². The molecule has 0 bridgehead atoms. The third-order valence-corrected chi connectivity index (χ3v) is 5.00. The number of thioether (sulfide) groups is 1. The normalized spacial score (nSPS) is 10.2. The Bertz CT molecular complexity index is 1030. The number of ether oxygens (including phenoxy) is 1. The second kappa shape index (κ2) is 9.07. The lowest BCUT2D eigenvalue weighted by Crippen LogP contribution is -2.14. The molecule has 0 saturated heterocycles. The number of hydrogen-bond acceptors (Lipinski definition) is 5. The summed E-state index contributed by atoms with van der Waals surface area (Å²) >= 11 is 1.25. The van der Waals surface area contributed by atoms with E-state index in [1.807, 2.05) is 55.5 Å². The van der Waals surface area contributed by atoms with Gasteiger partial charge in [-0.2, -0.15) is 5.26 Å². The summed E-state index contributed by atoms with van der Waals surface area (Å²) in [7, 11) is 1.62. The summed E-state index contributed by atoms with van der Waals surface area (Å²) in [4.78, 5) is 16.8. The number of anilines is 1. The average Bonchev–Trinajstić information content (AvgIpc) is 2.72. The molecule has 0 aliphatic carbocycles. The maximum absolute atomic E-state index is 12.3. The highest BCUT2D eigenvalue weighted by Gasteiger charge is 2.11. The maximum Gasteiger partial charge on any atom is 0.234 e. The van der Waals surface area contributed by atoms with Crippen molar-refractivity contribution in [2.45, 2.75) is 11.9 Å². The molecule has 0 aliphatic rings. The van der Waals surface area contributed by atoms with Crippen LogP contribution >= 0.6 is 11.8 Å². The van der Waals surface area contributed by atoms with E-state index in [1.54, 1.807) is 19.2 Å². The molecule has 5 nitrogen and oxygen atoms in total. The molecule has 1 amide bonds. The first-order chi connectivity index (χ1) is 13.6. The van der Waals surface area contributed by atoms with Gasteiger partial charge in [0, 0.05) is 11.3 Å². The first-order valence-electron chi connectivity index (χ1n) is 8.64. The number of methoxy groups -OCH3 is 1. The first kappa shape index (κ1) is 19.5. The third kappa shape index (κ3) is 4.90. The largest absolute Gasteiger partial charge is 0.497 e. The van der Waals surface area contributed by atoms with Crippen LogP contribution in [0, 0.1) is 18.3 Å². The van der Waals surface area contributed by atoms with Gasteiger partial charge in [0.25, 0.3) is 0 Å². The minimum Gasteiger partial charge on any atom is -0.497 e. The fraction of sp³-hybridized carbons (Fsp3) is 0.136. The van der Waals surface area contributed by atoms with Crippen LogP contribution in [0.5, 0.6) is 5.75 Å². The zero-order valence-electron chi connectivity index (χ0n) is 15.6. The van der Waals surface area contributed by atoms with Crippen LogP contribution in [0.4, 0.5) is 5.69 Å². The Balaban J connectivity index is 1.73. The Morgan fingerprint density at radius 3 is 2.64 bits per heavy atom. The Morgan fingerprint density at radius 2 is 1.96 bits per heavy atom. The number of rotatable bonds is 6. The molecule has 0 aliphatic heterocycles. The van der Waals surface area contributed by atoms with E-state index < -0.39 is 0 Å². The monoisotopic (exact) mass is 389 g/mol. The van der Waals surface area contributed by atoms with Crippen LogP contribution in [0.15, 0.2) is 65.7 Å². The highest BCUT2D eigenvalue weighted by atomic mass is 32.2. The Labute approximate surface area is 168 Å². The molecular weight excluding hydrogens is 370 g/mol. The van der Waals surface area contributed by atoms with Crippen molar-refractivity contribution in [1.29, 1.82) is 5.26 Å². The molecule has 1 N–H and O–H groups in total. The molecule has 0 spiro atoms. The predicted octanol–water partition coefficient (Wildman–Crippen LogP) is 4.67. The number of nitriles is 1. The van der Waals surface area contributed by atoms with E-state index in [9.17, 15) is 10.1 Å². The highest BCUT2D eigenvalue weighted by Crippen LogP contribution is 2.26. The van der Waals surface area contributed by atoms with E-state index in [1.165, 1.54) is 11.8 Å². The quantitative estimate of drug-likeness (QED) is 0.620. The lowest BCUT2D eigenvalue weighted by molar-refractivity contribution is -0.113. The van der Waals surface area contributed by atoms with Crippen molar-refractivity contribution in [3.05, 3.63) is 71.8 Å². The second-order valence-electron chi connectivity index (χ2n) is 6.10. The van der Waals surface area contributed by atoms with Crippen molar-refractivity contribution in [1.82, 2.24) is 4.98 Å². The van der Waals surface area contributed by atoms with Crippen LogP contribution in [0.25, 0.3) is 11.3 Å². The van der Waals surface area contributed by atoms with Gasteiger partial charge in [-0.05, 0) is 61.0 Å². The lowest BCUT2D eigenvalue weighted by Gasteiger charge is -2.08. The van der Waals surface area contributed by atoms with E-state index in [0.29, 0.717) is 10.6 Å². The Kier molecular flexibility index (Phi) is 6.30. The van der Waals surface area contributed by atoms with Crippen LogP contribution in [-0.2, 0) is 4.79 Å². The number of pyridine rings is 1. The van der Waals surface area contributed by atoms with Crippen molar-refractivity contribution < 1.29 is 9.53 Å². The number of carbonyl (C=O) groups is 1. The summed E-state index contributed by atoms with van der Waals surface area (Å²) in [5.74, 6) is 0.790. The minimum atomic E-state index is -0.142. The third-order valence-electron chi connectivity index (χ3n) is 4.01. The Hall–Kier alpha value is -3.30. The predicted molar refractivity (Wildman–Crippen MR) is 111 cm³/mol. The van der Waals surface area contributed by atoms with Gasteiger partial charge < -0.3 is 10.1 Å². The van der Waals surface area contributed by atoms with Gasteiger partial charge in [-0.25, -0.2) is 4.98 Å². The van der Waals surface area contributed by atoms with E-state index >= 15 is 0 Å². The van der Waals surface area contributed by atoms with Crippen molar-refractivity contribution in [2.24, 2.45) is 0 Å². The summed E-state index contributed by atoms with van der Waals surface area (Å²) < 4.78 is 5.17. The molecule has 28 heavy (non-hydrogen) atoms. The molecule has 3 aromatic rings. The number of hydrogen-bond donors (Lipinski definition) is 1. The van der Waals surface area contributed by atoms with Gasteiger partial charge in [-0.15, -0.1) is 0 Å². The van der Waals surface area contributed by atoms with E-state index in [2.05, 4.69) is 16.4 Å². The number of carbonyl (C=O) groups excluding carboxylic acids is 1. The van der Waals surface area contributed by atoms with Gasteiger partial charge in [0.1, 0.15) is 16.8 Å². The van der Waals surface area contributed by atoms with E-state index in [0.717, 1.165) is 28.3 Å². The van der Waals surface area contributed by atoms with E-state index in [4.69, 9.17) is 4.74 Å². The maximum atomic E-state index is 12.3. The number of nitrogens with zero attached hydrogens (tertiary/aromatic N) is 2. The molecule has 140 valence electrons. The molecule has 1 aromatic heterocycles. The number of aromatic nitrogens is 1. The van der Waals surface area contributed by atoms with Gasteiger partial charge in [-0.3, -0.25) is 4.79 Å². The lowest BCUT2D eigenvalue weighted by atomic mass is 10.1. The van der Waals surface area contributed by atoms with Crippen LogP contribution in [0.1, 0.15) is 11.1 Å². The molecule has 0 fully saturated rings. The van der Waals surface area contributed by atoms with Gasteiger partial charge in [0.2, 0.25) is 5.91 Å². The first-order valence-corrected chi connectivity index (χ1v) is 9.62. The molecule has 3 rings (SSSR count). The molecule has 0 saturated carbocycles. The molecule has 2 aromatic carbocycles. The smallest absolute Gasteiger partial charge is 0.234 e. The highest BCUT2D eigenvalue weighted by molar-refractivity contribution is 8.00. The van der Waals surface area contributed by atoms with Gasteiger partial charge in [0.15, 0.2) is 0 Å². The number of benzene rings is 2. The fourth-order valence-corrected chi connectivity index (χ4v) is 3.38. The molecule has 0 atom stereocenters.